The van der Waals surface area contributed by atoms with Crippen LogP contribution in [0.15, 0.2) is 10.8 Å². The van der Waals surface area contributed by atoms with Crippen LogP contribution in [0.1, 0.15) is 11.3 Å². The Labute approximate surface area is 64.6 Å². The maximum Gasteiger partial charge on any atom is 0.128 e. The number of aryl methyl sites for hydroxylation is 1. The second-order valence-corrected chi connectivity index (χ2v) is 2.29. The molecule has 1 aromatic heterocycles. The summed E-state index contributed by atoms with van der Waals surface area (Å²) in [5.74, 6) is 0. The number of nitrogens with zero attached hydrogens (tertiary/aromatic N) is 1. The molecule has 3 nitrogen and oxygen atoms in total. The Balaban J connectivity index is 2.32. The van der Waals surface area contributed by atoms with Crippen molar-refractivity contribution in [1.82, 2.24) is 10.5 Å². The first kappa shape index (κ1) is 8.20. The minimum Gasteiger partial charge on any atom is -0.364 e. The molecule has 4 heteroatoms. The predicted molar refractivity (Wildman–Crippen MR) is 38.9 cm³/mol. The SMILES string of the molecule is Cc1nocc1CNCCF. The van der Waals surface area contributed by atoms with Crippen LogP contribution in [0, 0.1) is 6.92 Å². The van der Waals surface area contributed by atoms with Crippen molar-refractivity contribution >= 4 is 0 Å². The number of hydrogen-bond acceptors (Lipinski definition) is 3. The van der Waals surface area contributed by atoms with Gasteiger partial charge in [-0.3, -0.25) is 0 Å². The Bertz CT molecular complexity index is 212. The molecule has 1 heterocycles. The van der Waals surface area contributed by atoms with Gasteiger partial charge in [0, 0.05) is 18.7 Å². The molecule has 0 spiro atoms. The second-order valence-electron chi connectivity index (χ2n) is 2.29. The molecular weight excluding hydrogens is 147 g/mol. The molecule has 1 N–H and O–H groups in total. The van der Waals surface area contributed by atoms with Crippen molar-refractivity contribution in [2.75, 3.05) is 13.2 Å². The molecule has 1 rings (SSSR count). The standard InChI is InChI=1S/C7H11FN2O/c1-6-7(5-11-10-6)4-9-3-2-8/h5,9H,2-4H2,1H3. The van der Waals surface area contributed by atoms with E-state index in [9.17, 15) is 4.39 Å². The molecular formula is C7H11FN2O. The molecule has 0 aromatic carbocycles. The predicted octanol–water partition coefficient (Wildman–Crippen LogP) is 1.04. The quantitative estimate of drug-likeness (QED) is 0.665. The highest BCUT2D eigenvalue weighted by molar-refractivity contribution is 5.11. The summed E-state index contributed by atoms with van der Waals surface area (Å²) in [4.78, 5) is 0. The van der Waals surface area contributed by atoms with E-state index in [0.29, 0.717) is 13.1 Å². The Morgan fingerprint density at radius 3 is 3.09 bits per heavy atom. The summed E-state index contributed by atoms with van der Waals surface area (Å²) >= 11 is 0. The van der Waals surface area contributed by atoms with Crippen molar-refractivity contribution < 1.29 is 8.91 Å². The molecule has 11 heavy (non-hydrogen) atoms. The van der Waals surface area contributed by atoms with Crippen molar-refractivity contribution in [2.45, 2.75) is 13.5 Å². The molecule has 62 valence electrons. The number of nitrogens with one attached hydrogen (secondary N) is 1. The number of halogens is 1. The van der Waals surface area contributed by atoms with Gasteiger partial charge in [-0.25, -0.2) is 4.39 Å². The topological polar surface area (TPSA) is 38.1 Å². The van der Waals surface area contributed by atoms with Crippen LogP contribution in [0.2, 0.25) is 0 Å². The summed E-state index contributed by atoms with van der Waals surface area (Å²) in [5, 5.41) is 6.59. The van der Waals surface area contributed by atoms with Gasteiger partial charge < -0.3 is 9.84 Å². The zero-order valence-corrected chi connectivity index (χ0v) is 6.43. The highest BCUT2D eigenvalue weighted by atomic mass is 19.1. The summed E-state index contributed by atoms with van der Waals surface area (Å²) in [5.41, 5.74) is 1.84. The third-order valence-corrected chi connectivity index (χ3v) is 1.44. The van der Waals surface area contributed by atoms with Crippen molar-refractivity contribution in [2.24, 2.45) is 0 Å². The average Bonchev–Trinajstić information content (AvgIpc) is 2.37. The Kier molecular flexibility index (Phi) is 3.04. The molecule has 0 atom stereocenters. The van der Waals surface area contributed by atoms with Crippen molar-refractivity contribution in [3.8, 4) is 0 Å². The third kappa shape index (κ3) is 2.31. The van der Waals surface area contributed by atoms with Crippen LogP contribution in [-0.2, 0) is 6.54 Å². The summed E-state index contributed by atoms with van der Waals surface area (Å²) < 4.78 is 16.3. The summed E-state index contributed by atoms with van der Waals surface area (Å²) in [6.07, 6.45) is 1.57. The number of rotatable bonds is 4. The minimum atomic E-state index is -0.343. The Hall–Kier alpha value is -0.900. The smallest absolute Gasteiger partial charge is 0.128 e. The third-order valence-electron chi connectivity index (χ3n) is 1.44. The maximum atomic E-state index is 11.6. The van der Waals surface area contributed by atoms with Gasteiger partial charge in [0.05, 0.1) is 5.69 Å². The van der Waals surface area contributed by atoms with Crippen LogP contribution in [0.4, 0.5) is 4.39 Å². The normalized spacial score (nSPS) is 10.4. The molecule has 0 radical (unpaired) electrons. The molecule has 0 aliphatic heterocycles. The van der Waals surface area contributed by atoms with Gasteiger partial charge in [0.2, 0.25) is 0 Å². The van der Waals surface area contributed by atoms with Crippen LogP contribution in [0.25, 0.3) is 0 Å². The lowest BCUT2D eigenvalue weighted by atomic mass is 10.3. The largest absolute Gasteiger partial charge is 0.364 e. The van der Waals surface area contributed by atoms with Crippen LogP contribution in [0.3, 0.4) is 0 Å². The lowest BCUT2D eigenvalue weighted by Gasteiger charge is -1.97. The fourth-order valence-corrected chi connectivity index (χ4v) is 0.772. The summed E-state index contributed by atoms with van der Waals surface area (Å²) in [6.45, 7) is 2.52. The molecule has 0 saturated heterocycles. The van der Waals surface area contributed by atoms with Crippen LogP contribution in [-0.4, -0.2) is 18.4 Å². The summed E-state index contributed by atoms with van der Waals surface area (Å²) in [7, 11) is 0. The molecule has 0 aliphatic rings. The molecule has 0 amide bonds. The zero-order valence-electron chi connectivity index (χ0n) is 6.43. The lowest BCUT2D eigenvalue weighted by Crippen LogP contribution is -2.16. The highest BCUT2D eigenvalue weighted by Crippen LogP contribution is 2.03. The van der Waals surface area contributed by atoms with E-state index in [2.05, 4.69) is 10.5 Å². The van der Waals surface area contributed by atoms with Gasteiger partial charge in [0.25, 0.3) is 0 Å². The second kappa shape index (κ2) is 4.08. The van der Waals surface area contributed by atoms with Gasteiger partial charge in [0.1, 0.15) is 12.9 Å². The Morgan fingerprint density at radius 1 is 1.73 bits per heavy atom. The van der Waals surface area contributed by atoms with E-state index < -0.39 is 0 Å². The molecule has 0 aliphatic carbocycles. The first-order valence-electron chi connectivity index (χ1n) is 3.51. The molecule has 0 saturated carbocycles. The lowest BCUT2D eigenvalue weighted by molar-refractivity contribution is 0.413. The molecule has 0 unspecified atom stereocenters. The first-order chi connectivity index (χ1) is 5.34. The van der Waals surface area contributed by atoms with Crippen LogP contribution >= 0.6 is 0 Å². The van der Waals surface area contributed by atoms with E-state index in [4.69, 9.17) is 4.52 Å². The average molecular weight is 158 g/mol. The van der Waals surface area contributed by atoms with Crippen molar-refractivity contribution in [1.29, 1.82) is 0 Å². The van der Waals surface area contributed by atoms with Gasteiger partial charge in [-0.2, -0.15) is 0 Å². The monoisotopic (exact) mass is 158 g/mol. The van der Waals surface area contributed by atoms with E-state index in [0.717, 1.165) is 11.3 Å². The number of hydrogen-bond donors (Lipinski definition) is 1. The summed E-state index contributed by atoms with van der Waals surface area (Å²) in [6, 6.07) is 0. The van der Waals surface area contributed by atoms with Gasteiger partial charge in [-0.15, -0.1) is 0 Å². The van der Waals surface area contributed by atoms with Crippen LogP contribution < -0.4 is 5.32 Å². The van der Waals surface area contributed by atoms with E-state index in [-0.39, 0.29) is 6.67 Å². The molecule has 1 aromatic rings. The number of aromatic nitrogens is 1. The molecule has 0 fully saturated rings. The fourth-order valence-electron chi connectivity index (χ4n) is 0.772. The first-order valence-corrected chi connectivity index (χ1v) is 3.51. The fraction of sp³-hybridized carbons (Fsp3) is 0.571. The van der Waals surface area contributed by atoms with E-state index in [1.54, 1.807) is 6.26 Å². The molecule has 0 bridgehead atoms. The van der Waals surface area contributed by atoms with E-state index >= 15 is 0 Å². The number of alkyl halides is 1. The van der Waals surface area contributed by atoms with Gasteiger partial charge >= 0.3 is 0 Å². The maximum absolute atomic E-state index is 11.6. The zero-order chi connectivity index (χ0) is 8.10. The van der Waals surface area contributed by atoms with Gasteiger partial charge in [-0.05, 0) is 6.92 Å². The van der Waals surface area contributed by atoms with Gasteiger partial charge in [-0.1, -0.05) is 5.16 Å². The Morgan fingerprint density at radius 2 is 2.55 bits per heavy atom. The van der Waals surface area contributed by atoms with Crippen LogP contribution in [0.5, 0.6) is 0 Å². The minimum absolute atomic E-state index is 0.343. The van der Waals surface area contributed by atoms with Crippen molar-refractivity contribution in [3.63, 3.8) is 0 Å². The highest BCUT2D eigenvalue weighted by Gasteiger charge is 2.00. The van der Waals surface area contributed by atoms with E-state index in [1.807, 2.05) is 6.92 Å². The van der Waals surface area contributed by atoms with Gasteiger partial charge in [0.15, 0.2) is 0 Å². The van der Waals surface area contributed by atoms with E-state index in [1.165, 1.54) is 0 Å². The van der Waals surface area contributed by atoms with Crippen molar-refractivity contribution in [3.05, 3.63) is 17.5 Å².